The first-order valence-electron chi connectivity index (χ1n) is 7.88. The molecule has 0 spiro atoms. The molecule has 1 aromatic carbocycles. The fraction of sp³-hybridized carbons (Fsp3) is 0.579. The average molecular weight is 303 g/mol. The molecule has 0 saturated heterocycles. The maximum absolute atomic E-state index is 5.81. The Bertz CT molecular complexity index is 475. The van der Waals surface area contributed by atoms with Crippen LogP contribution >= 0.6 is 0 Å². The third kappa shape index (κ3) is 8.84. The van der Waals surface area contributed by atoms with Crippen LogP contribution in [-0.2, 0) is 9.47 Å². The van der Waals surface area contributed by atoms with Gasteiger partial charge in [-0.05, 0) is 36.5 Å². The number of nitrogens with two attached hydrogens (primary N) is 1. The van der Waals surface area contributed by atoms with Gasteiger partial charge in [-0.15, -0.1) is 0 Å². The number of ether oxygens (including phenoxy) is 2. The fourth-order valence-corrected chi connectivity index (χ4v) is 1.77. The summed E-state index contributed by atoms with van der Waals surface area (Å²) in [7, 11) is 0. The van der Waals surface area contributed by atoms with Crippen LogP contribution in [0.3, 0.4) is 0 Å². The van der Waals surface area contributed by atoms with Gasteiger partial charge in [0, 0.05) is 18.2 Å². The fourth-order valence-electron chi connectivity index (χ4n) is 1.77. The van der Waals surface area contributed by atoms with Gasteiger partial charge in [-0.1, -0.05) is 44.7 Å². The third-order valence-electron chi connectivity index (χ3n) is 2.96. The van der Waals surface area contributed by atoms with Crippen molar-refractivity contribution in [3.8, 4) is 11.8 Å². The lowest BCUT2D eigenvalue weighted by Crippen LogP contribution is -2.15. The molecule has 3 heteroatoms. The van der Waals surface area contributed by atoms with E-state index in [1.807, 2.05) is 31.2 Å². The molecule has 1 unspecified atom stereocenters. The van der Waals surface area contributed by atoms with Crippen LogP contribution in [0.4, 0.5) is 0 Å². The van der Waals surface area contributed by atoms with Crippen molar-refractivity contribution in [3.63, 3.8) is 0 Å². The Hall–Kier alpha value is -1.34. The summed E-state index contributed by atoms with van der Waals surface area (Å²) >= 11 is 0. The molecule has 0 aliphatic carbocycles. The minimum Gasteiger partial charge on any atom is -0.381 e. The Balaban J connectivity index is 2.12. The molecule has 0 fully saturated rings. The monoisotopic (exact) mass is 303 g/mol. The van der Waals surface area contributed by atoms with Gasteiger partial charge in [0.2, 0.25) is 0 Å². The van der Waals surface area contributed by atoms with E-state index in [4.69, 9.17) is 15.2 Å². The topological polar surface area (TPSA) is 44.5 Å². The minimum absolute atomic E-state index is 0.0610. The number of benzene rings is 1. The van der Waals surface area contributed by atoms with Gasteiger partial charge >= 0.3 is 0 Å². The highest BCUT2D eigenvalue weighted by Crippen LogP contribution is 2.12. The van der Waals surface area contributed by atoms with Crippen molar-refractivity contribution in [2.45, 2.75) is 40.2 Å². The van der Waals surface area contributed by atoms with E-state index < -0.39 is 0 Å². The lowest BCUT2D eigenvalue weighted by molar-refractivity contribution is 0.0531. The molecule has 0 saturated carbocycles. The van der Waals surface area contributed by atoms with Gasteiger partial charge in [0.05, 0.1) is 13.2 Å². The van der Waals surface area contributed by atoms with E-state index >= 15 is 0 Å². The van der Waals surface area contributed by atoms with Crippen LogP contribution in [0.2, 0.25) is 0 Å². The van der Waals surface area contributed by atoms with Crippen molar-refractivity contribution >= 4 is 0 Å². The van der Waals surface area contributed by atoms with Gasteiger partial charge in [-0.2, -0.15) is 0 Å². The Morgan fingerprint density at radius 1 is 1.09 bits per heavy atom. The van der Waals surface area contributed by atoms with Gasteiger partial charge in [0.1, 0.15) is 6.61 Å². The summed E-state index contributed by atoms with van der Waals surface area (Å²) in [5.41, 5.74) is 8.15. The van der Waals surface area contributed by atoms with Crippen molar-refractivity contribution in [3.05, 3.63) is 35.4 Å². The van der Waals surface area contributed by atoms with Crippen LogP contribution in [-0.4, -0.2) is 26.4 Å². The summed E-state index contributed by atoms with van der Waals surface area (Å²) in [4.78, 5) is 0. The normalized spacial score (nSPS) is 12.6. The average Bonchev–Trinajstić information content (AvgIpc) is 2.45. The van der Waals surface area contributed by atoms with Crippen molar-refractivity contribution in [2.24, 2.45) is 11.1 Å². The van der Waals surface area contributed by atoms with Crippen LogP contribution in [0.1, 0.15) is 51.3 Å². The molecule has 1 atom stereocenters. The molecule has 0 bridgehead atoms. The Morgan fingerprint density at radius 2 is 1.73 bits per heavy atom. The molecule has 1 aromatic rings. The lowest BCUT2D eigenvalue weighted by atomic mass is 9.99. The zero-order chi connectivity index (χ0) is 16.4. The lowest BCUT2D eigenvalue weighted by Gasteiger charge is -2.17. The Labute approximate surface area is 135 Å². The molecule has 2 N–H and O–H groups in total. The first kappa shape index (κ1) is 18.7. The van der Waals surface area contributed by atoms with Gasteiger partial charge in [-0.25, -0.2) is 0 Å². The molecule has 0 aliphatic heterocycles. The summed E-state index contributed by atoms with van der Waals surface area (Å²) in [6.07, 6.45) is 0.904. The third-order valence-corrected chi connectivity index (χ3v) is 2.96. The van der Waals surface area contributed by atoms with E-state index in [2.05, 4.69) is 32.6 Å². The zero-order valence-corrected chi connectivity index (χ0v) is 14.3. The van der Waals surface area contributed by atoms with E-state index in [1.165, 1.54) is 0 Å². The van der Waals surface area contributed by atoms with Crippen LogP contribution in [0.25, 0.3) is 0 Å². The molecule has 3 nitrogen and oxygen atoms in total. The molecule has 0 amide bonds. The van der Waals surface area contributed by atoms with Crippen LogP contribution < -0.4 is 5.73 Å². The number of hydrogen-bond acceptors (Lipinski definition) is 3. The molecule has 0 aliphatic rings. The van der Waals surface area contributed by atoms with E-state index in [-0.39, 0.29) is 11.5 Å². The second-order valence-corrected chi connectivity index (χ2v) is 6.73. The summed E-state index contributed by atoms with van der Waals surface area (Å²) in [5, 5.41) is 0. The predicted molar refractivity (Wildman–Crippen MR) is 91.6 cm³/mol. The zero-order valence-electron chi connectivity index (χ0n) is 14.3. The highest BCUT2D eigenvalue weighted by atomic mass is 16.5. The highest BCUT2D eigenvalue weighted by Gasteiger charge is 2.09. The Morgan fingerprint density at radius 3 is 2.32 bits per heavy atom. The minimum atomic E-state index is 0.0610. The largest absolute Gasteiger partial charge is 0.381 e. The molecule has 0 heterocycles. The highest BCUT2D eigenvalue weighted by molar-refractivity contribution is 5.36. The van der Waals surface area contributed by atoms with Gasteiger partial charge in [-0.3, -0.25) is 0 Å². The van der Waals surface area contributed by atoms with E-state index in [0.29, 0.717) is 13.2 Å². The Kier molecular flexibility index (Phi) is 8.19. The molecule has 0 radical (unpaired) electrons. The molecule has 0 aromatic heterocycles. The molecular formula is C19H29NO2. The molecule has 22 heavy (non-hydrogen) atoms. The van der Waals surface area contributed by atoms with Crippen LogP contribution in [0.15, 0.2) is 24.3 Å². The van der Waals surface area contributed by atoms with Crippen molar-refractivity contribution < 1.29 is 9.47 Å². The maximum Gasteiger partial charge on any atom is 0.108 e. The molecule has 1 rings (SSSR count). The number of hydrogen-bond donors (Lipinski definition) is 1. The predicted octanol–water partition coefficient (Wildman–Crippen LogP) is 3.53. The van der Waals surface area contributed by atoms with Crippen molar-refractivity contribution in [2.75, 3.05) is 26.4 Å². The standard InChI is InChI=1S/C19H29NO2/c1-16(20)18-10-8-17(9-11-18)7-5-12-21-13-6-14-22-15-19(2,3)4/h8-11,16H,6,12-15,20H2,1-4H3. The van der Waals surface area contributed by atoms with Gasteiger partial charge < -0.3 is 15.2 Å². The first-order chi connectivity index (χ1) is 10.4. The summed E-state index contributed by atoms with van der Waals surface area (Å²) in [6, 6.07) is 8.08. The smallest absolute Gasteiger partial charge is 0.108 e. The van der Waals surface area contributed by atoms with Gasteiger partial charge in [0.25, 0.3) is 0 Å². The molecular weight excluding hydrogens is 274 g/mol. The summed E-state index contributed by atoms with van der Waals surface area (Å²) in [6.45, 7) is 11.1. The summed E-state index contributed by atoms with van der Waals surface area (Å²) in [5.74, 6) is 6.11. The molecule has 122 valence electrons. The summed E-state index contributed by atoms with van der Waals surface area (Å²) < 4.78 is 11.1. The van der Waals surface area contributed by atoms with E-state index in [1.54, 1.807) is 0 Å². The van der Waals surface area contributed by atoms with Crippen molar-refractivity contribution in [1.82, 2.24) is 0 Å². The maximum atomic E-state index is 5.81. The van der Waals surface area contributed by atoms with Gasteiger partial charge in [0.15, 0.2) is 0 Å². The number of rotatable bonds is 7. The first-order valence-corrected chi connectivity index (χ1v) is 7.88. The quantitative estimate of drug-likeness (QED) is 0.619. The van der Waals surface area contributed by atoms with Crippen LogP contribution in [0, 0.1) is 17.3 Å². The second-order valence-electron chi connectivity index (χ2n) is 6.73. The van der Waals surface area contributed by atoms with E-state index in [0.717, 1.165) is 30.8 Å². The van der Waals surface area contributed by atoms with Crippen LogP contribution in [0.5, 0.6) is 0 Å². The second kappa shape index (κ2) is 9.63. The van der Waals surface area contributed by atoms with E-state index in [9.17, 15) is 0 Å². The SMILES string of the molecule is CC(N)c1ccc(C#CCOCCCOCC(C)(C)C)cc1. The van der Waals surface area contributed by atoms with Crippen molar-refractivity contribution in [1.29, 1.82) is 0 Å².